The molecule has 1 N–H and O–H groups in total. The summed E-state index contributed by atoms with van der Waals surface area (Å²) < 4.78 is 9.60. The normalized spacial score (nSPS) is 27.2. The van der Waals surface area contributed by atoms with Gasteiger partial charge >= 0.3 is 0 Å². The Morgan fingerprint density at radius 1 is 1.25 bits per heavy atom. The van der Waals surface area contributed by atoms with Gasteiger partial charge in [-0.1, -0.05) is 0 Å². The lowest BCUT2D eigenvalue weighted by Crippen LogP contribution is -2.09. The molecule has 0 aromatic rings. The molecule has 3 nitrogen and oxygen atoms in total. The van der Waals surface area contributed by atoms with Crippen LogP contribution in [-0.4, -0.2) is 24.6 Å². The highest BCUT2D eigenvalue weighted by atomic mass is 16.6. The lowest BCUT2D eigenvalue weighted by atomic mass is 10.3. The third kappa shape index (κ3) is 4.36. The molecule has 12 heavy (non-hydrogen) atoms. The molecular formula is C9H16O3. The van der Waals surface area contributed by atoms with Crippen molar-refractivity contribution in [2.75, 3.05) is 13.2 Å². The largest absolute Gasteiger partial charge is 0.473 e. The molecule has 0 saturated carbocycles. The van der Waals surface area contributed by atoms with Crippen LogP contribution in [0.4, 0.5) is 0 Å². The summed E-state index contributed by atoms with van der Waals surface area (Å²) in [5, 5.41) is 8.64. The second-order valence-corrected chi connectivity index (χ2v) is 2.86. The lowest BCUT2D eigenvalue weighted by molar-refractivity contribution is -0.0622. The molecule has 1 unspecified atom stereocenters. The number of ether oxygens (including phenoxy) is 2. The van der Waals surface area contributed by atoms with Gasteiger partial charge in [0.25, 0.3) is 0 Å². The molecule has 0 bridgehead atoms. The van der Waals surface area contributed by atoms with Crippen LogP contribution in [0.3, 0.4) is 0 Å². The first-order valence-corrected chi connectivity index (χ1v) is 4.46. The predicted molar refractivity (Wildman–Crippen MR) is 45.5 cm³/mol. The molecule has 1 fully saturated rings. The zero-order valence-electron chi connectivity index (χ0n) is 7.24. The van der Waals surface area contributed by atoms with E-state index in [0.717, 1.165) is 26.1 Å². The molecule has 0 radical (unpaired) electrons. The van der Waals surface area contributed by atoms with E-state index in [-0.39, 0.29) is 0 Å². The third-order valence-electron chi connectivity index (χ3n) is 1.74. The standard InChI is InChI=1S/C5H8O2.C4H8O/c6-5-3-1-2-4-7-5;1-2-4-5-3-1/h2,4-6H,1,3H2;1-4H2. The molecule has 2 rings (SSSR count). The minimum Gasteiger partial charge on any atom is -0.473 e. The van der Waals surface area contributed by atoms with Gasteiger partial charge in [0.1, 0.15) is 0 Å². The highest BCUT2D eigenvalue weighted by Crippen LogP contribution is 2.05. The van der Waals surface area contributed by atoms with E-state index in [4.69, 9.17) is 9.84 Å². The molecule has 3 heteroatoms. The first-order valence-electron chi connectivity index (χ1n) is 4.46. The Hall–Kier alpha value is -0.540. The van der Waals surface area contributed by atoms with Crippen molar-refractivity contribution >= 4 is 0 Å². The predicted octanol–water partition coefficient (Wildman–Crippen LogP) is 1.43. The third-order valence-corrected chi connectivity index (χ3v) is 1.74. The zero-order chi connectivity index (χ0) is 8.65. The summed E-state index contributed by atoms with van der Waals surface area (Å²) in [7, 11) is 0. The molecule has 0 spiro atoms. The molecule has 2 aliphatic heterocycles. The van der Waals surface area contributed by atoms with Gasteiger partial charge in [-0.25, -0.2) is 0 Å². The van der Waals surface area contributed by atoms with Crippen LogP contribution in [0.5, 0.6) is 0 Å². The second kappa shape index (κ2) is 6.03. The van der Waals surface area contributed by atoms with E-state index in [1.54, 1.807) is 0 Å². The summed E-state index contributed by atoms with van der Waals surface area (Å²) in [4.78, 5) is 0. The van der Waals surface area contributed by atoms with Crippen LogP contribution in [0.1, 0.15) is 25.7 Å². The van der Waals surface area contributed by atoms with E-state index in [0.29, 0.717) is 0 Å². The van der Waals surface area contributed by atoms with Crippen molar-refractivity contribution in [3.05, 3.63) is 12.3 Å². The Kier molecular flexibility index (Phi) is 4.80. The fraction of sp³-hybridized carbons (Fsp3) is 0.778. The number of hydrogen-bond acceptors (Lipinski definition) is 3. The van der Waals surface area contributed by atoms with Crippen LogP contribution >= 0.6 is 0 Å². The molecule has 70 valence electrons. The monoisotopic (exact) mass is 172 g/mol. The van der Waals surface area contributed by atoms with Crippen LogP contribution in [0.15, 0.2) is 12.3 Å². The lowest BCUT2D eigenvalue weighted by Gasteiger charge is -2.11. The Morgan fingerprint density at radius 3 is 2.25 bits per heavy atom. The highest BCUT2D eigenvalue weighted by Gasteiger charge is 2.02. The average molecular weight is 172 g/mol. The molecule has 0 aliphatic carbocycles. The summed E-state index contributed by atoms with van der Waals surface area (Å²) in [5.41, 5.74) is 0. The van der Waals surface area contributed by atoms with Crippen LogP contribution in [0.25, 0.3) is 0 Å². The van der Waals surface area contributed by atoms with Crippen LogP contribution < -0.4 is 0 Å². The van der Waals surface area contributed by atoms with Gasteiger partial charge in [0.05, 0.1) is 6.26 Å². The maximum atomic E-state index is 8.64. The van der Waals surface area contributed by atoms with Gasteiger partial charge < -0.3 is 14.6 Å². The number of allylic oxidation sites excluding steroid dienone is 1. The minimum atomic E-state index is -0.551. The van der Waals surface area contributed by atoms with Crippen LogP contribution in [0, 0.1) is 0 Å². The summed E-state index contributed by atoms with van der Waals surface area (Å²) in [5.74, 6) is 0. The maximum absolute atomic E-state index is 8.64. The molecule has 0 aromatic heterocycles. The van der Waals surface area contributed by atoms with Crippen molar-refractivity contribution in [3.8, 4) is 0 Å². The molecule has 1 atom stereocenters. The van der Waals surface area contributed by atoms with E-state index in [2.05, 4.69) is 4.74 Å². The van der Waals surface area contributed by atoms with E-state index in [1.807, 2.05) is 6.08 Å². The number of aliphatic hydroxyl groups is 1. The number of rotatable bonds is 0. The summed E-state index contributed by atoms with van der Waals surface area (Å²) in [6.07, 6.45) is 7.10. The van der Waals surface area contributed by atoms with Gasteiger partial charge in [-0.2, -0.15) is 0 Å². The van der Waals surface area contributed by atoms with Crippen molar-refractivity contribution in [1.82, 2.24) is 0 Å². The van der Waals surface area contributed by atoms with E-state index in [9.17, 15) is 0 Å². The minimum absolute atomic E-state index is 0.551. The highest BCUT2D eigenvalue weighted by molar-refractivity contribution is 4.78. The SMILES string of the molecule is C1CCOC1.OC1CCC=CO1. The zero-order valence-corrected chi connectivity index (χ0v) is 7.24. The van der Waals surface area contributed by atoms with E-state index >= 15 is 0 Å². The fourth-order valence-corrected chi connectivity index (χ4v) is 1.03. The van der Waals surface area contributed by atoms with Crippen molar-refractivity contribution in [1.29, 1.82) is 0 Å². The first kappa shape index (κ1) is 9.55. The topological polar surface area (TPSA) is 38.7 Å². The summed E-state index contributed by atoms with van der Waals surface area (Å²) >= 11 is 0. The molecule has 2 heterocycles. The van der Waals surface area contributed by atoms with Gasteiger partial charge in [-0.15, -0.1) is 0 Å². The van der Waals surface area contributed by atoms with Gasteiger partial charge in [0.2, 0.25) is 0 Å². The number of hydrogen-bond donors (Lipinski definition) is 1. The Balaban J connectivity index is 0.000000127. The second-order valence-electron chi connectivity index (χ2n) is 2.86. The van der Waals surface area contributed by atoms with Gasteiger partial charge in [0.15, 0.2) is 6.29 Å². The fourth-order valence-electron chi connectivity index (χ4n) is 1.03. The maximum Gasteiger partial charge on any atom is 0.196 e. The molecule has 0 amide bonds. The van der Waals surface area contributed by atoms with Gasteiger partial charge in [-0.05, 0) is 25.3 Å². The smallest absolute Gasteiger partial charge is 0.196 e. The van der Waals surface area contributed by atoms with Gasteiger partial charge in [-0.3, -0.25) is 0 Å². The van der Waals surface area contributed by atoms with Crippen molar-refractivity contribution in [3.63, 3.8) is 0 Å². The molecule has 0 aromatic carbocycles. The summed E-state index contributed by atoms with van der Waals surface area (Å²) in [6.45, 7) is 2.00. The van der Waals surface area contributed by atoms with Crippen LogP contribution in [0.2, 0.25) is 0 Å². The Bertz CT molecular complexity index is 122. The molecular weight excluding hydrogens is 156 g/mol. The van der Waals surface area contributed by atoms with Crippen molar-refractivity contribution < 1.29 is 14.6 Å². The van der Waals surface area contributed by atoms with Crippen LogP contribution in [-0.2, 0) is 9.47 Å². The van der Waals surface area contributed by atoms with Crippen molar-refractivity contribution in [2.45, 2.75) is 32.0 Å². The first-order chi connectivity index (χ1) is 5.89. The Labute approximate surface area is 73.0 Å². The number of aliphatic hydroxyl groups excluding tert-OH is 1. The van der Waals surface area contributed by atoms with Gasteiger partial charge in [0, 0.05) is 19.6 Å². The quantitative estimate of drug-likeness (QED) is 0.600. The summed E-state index contributed by atoms with van der Waals surface area (Å²) in [6, 6.07) is 0. The van der Waals surface area contributed by atoms with E-state index in [1.165, 1.54) is 19.1 Å². The average Bonchev–Trinajstić information content (AvgIpc) is 2.62. The van der Waals surface area contributed by atoms with Crippen molar-refractivity contribution in [2.24, 2.45) is 0 Å². The molecule has 1 saturated heterocycles. The Morgan fingerprint density at radius 2 is 2.00 bits per heavy atom. The molecule has 2 aliphatic rings. The van der Waals surface area contributed by atoms with E-state index < -0.39 is 6.29 Å².